The molecule has 0 aliphatic rings. The maximum absolute atomic E-state index is 14.0. The molecule has 10 amide bonds. The number of nitrogens with one attached hydrogen (secondary N) is 9. The SMILES string of the molecule is CSCC[C@H](NC(=O)[C@H](CC(C)C)NC(=O)[C@H](CO)NC(=O)CNC(=O)[C@@H](NC(=O)[C@H](C)NC(=O)[C@H](Cc1c[nH]c2ccccc12)NC(=O)[C@H](CCC(N)=O)NC(=O)[C@@H](N)[C@@H](C)O)C(C)C)C(N)=O. The molecule has 1 aromatic carbocycles. The van der Waals surface area contributed by atoms with Crippen molar-refractivity contribution >= 4 is 81.7 Å². The number of benzene rings is 1. The summed E-state index contributed by atoms with van der Waals surface area (Å²) in [6.45, 7) is 7.81. The van der Waals surface area contributed by atoms with Crippen LogP contribution in [0.25, 0.3) is 10.9 Å². The Balaban J connectivity index is 2.18. The number of fused-ring (bicyclic) bond motifs is 1. The van der Waals surface area contributed by atoms with Gasteiger partial charge in [0.25, 0.3) is 0 Å². The summed E-state index contributed by atoms with van der Waals surface area (Å²) in [6, 6.07) is -3.38. The fourth-order valence-electron chi connectivity index (χ4n) is 6.72. The average molecular weight is 991 g/mol. The number of aliphatic hydroxyl groups excluding tert-OH is 2. The van der Waals surface area contributed by atoms with Gasteiger partial charge in [-0.1, -0.05) is 45.9 Å². The van der Waals surface area contributed by atoms with Crippen LogP contribution in [0.2, 0.25) is 0 Å². The van der Waals surface area contributed by atoms with Crippen LogP contribution in [-0.2, 0) is 54.4 Å². The van der Waals surface area contributed by atoms with Gasteiger partial charge in [-0.05, 0) is 68.6 Å². The molecule has 0 aliphatic carbocycles. The summed E-state index contributed by atoms with van der Waals surface area (Å²) in [7, 11) is 0. The van der Waals surface area contributed by atoms with E-state index in [-0.39, 0.29) is 38.0 Å². The van der Waals surface area contributed by atoms with Gasteiger partial charge in [0.2, 0.25) is 59.1 Å². The predicted octanol–water partition coefficient (Wildman–Crippen LogP) is -3.85. The first kappa shape index (κ1) is 58.8. The van der Waals surface area contributed by atoms with E-state index in [1.165, 1.54) is 25.6 Å². The zero-order chi connectivity index (χ0) is 52.1. The van der Waals surface area contributed by atoms with Crippen molar-refractivity contribution in [3.8, 4) is 0 Å². The minimum absolute atomic E-state index is 0.101. The Bertz CT molecular complexity index is 2120. The number of hydrogen-bond donors (Lipinski definition) is 14. The van der Waals surface area contributed by atoms with Crippen molar-refractivity contribution < 1.29 is 58.2 Å². The van der Waals surface area contributed by atoms with Gasteiger partial charge in [-0.25, -0.2) is 0 Å². The number of rotatable bonds is 30. The molecular weight excluding hydrogens is 921 g/mol. The Morgan fingerprint density at radius 1 is 0.681 bits per heavy atom. The van der Waals surface area contributed by atoms with E-state index in [4.69, 9.17) is 17.2 Å². The van der Waals surface area contributed by atoms with E-state index in [9.17, 15) is 58.2 Å². The van der Waals surface area contributed by atoms with Gasteiger partial charge in [0.1, 0.15) is 48.3 Å². The number of amides is 10. The second-order valence-corrected chi connectivity index (χ2v) is 18.4. The number of para-hydroxylation sites is 1. The lowest BCUT2D eigenvalue weighted by molar-refractivity contribution is -0.135. The van der Waals surface area contributed by atoms with Crippen LogP contribution in [0.4, 0.5) is 0 Å². The third-order valence-electron chi connectivity index (χ3n) is 10.7. The molecule has 9 atom stereocenters. The zero-order valence-corrected chi connectivity index (χ0v) is 40.8. The maximum atomic E-state index is 14.0. The number of primary amides is 2. The van der Waals surface area contributed by atoms with Gasteiger partial charge in [0.15, 0.2) is 0 Å². The van der Waals surface area contributed by atoms with Gasteiger partial charge in [0, 0.05) is 29.9 Å². The highest BCUT2D eigenvalue weighted by Crippen LogP contribution is 2.20. The Morgan fingerprint density at radius 3 is 1.84 bits per heavy atom. The number of carbonyl (C=O) groups is 10. The zero-order valence-electron chi connectivity index (χ0n) is 40.0. The standard InChI is InChI=1S/C44H70N12O12S/c1-21(2)16-30(41(65)52-28(37(47)61)14-15-69-7)54-42(66)32(20-57)51-34(60)19-49-44(68)36(22(3)4)56-38(62)23(5)50-40(64)31(17-25-18-48-27-11-9-8-10-26(25)27)55-39(63)29(12-13-33(45)59)53-43(67)35(46)24(6)58/h8-11,18,21-24,28-32,35-36,48,57-58H,12-17,19-20,46H2,1-7H3,(H2,45,59)(H2,47,61)(H,49,68)(H,50,64)(H,51,60)(H,52,65)(H,53,67)(H,54,66)(H,55,63)(H,56,62)/t23-,24+,28-,29-,30-,31-,32-,35-,36-/m0/s1. The normalized spacial score (nSPS) is 15.2. The van der Waals surface area contributed by atoms with Gasteiger partial charge in [-0.2, -0.15) is 11.8 Å². The summed E-state index contributed by atoms with van der Waals surface area (Å²) < 4.78 is 0. The lowest BCUT2D eigenvalue weighted by Gasteiger charge is -2.27. The van der Waals surface area contributed by atoms with Crippen LogP contribution in [-0.4, -0.2) is 154 Å². The Morgan fingerprint density at radius 2 is 1.26 bits per heavy atom. The maximum Gasteiger partial charge on any atom is 0.245 e. The largest absolute Gasteiger partial charge is 0.394 e. The van der Waals surface area contributed by atoms with Crippen molar-refractivity contribution in [3.63, 3.8) is 0 Å². The fourth-order valence-corrected chi connectivity index (χ4v) is 7.19. The molecule has 0 saturated heterocycles. The molecule has 2 aromatic rings. The summed E-state index contributed by atoms with van der Waals surface area (Å²) in [5.74, 6) is -8.50. The lowest BCUT2D eigenvalue weighted by Crippen LogP contribution is -2.60. The van der Waals surface area contributed by atoms with Gasteiger partial charge in [-0.3, -0.25) is 47.9 Å². The Hall–Kier alpha value is -6.31. The topological polar surface area (TPSA) is 401 Å². The Kier molecular flexibility index (Phi) is 24.6. The summed E-state index contributed by atoms with van der Waals surface area (Å²) in [5.41, 5.74) is 17.8. The molecule has 17 N–H and O–H groups in total. The third kappa shape index (κ3) is 19.7. The van der Waals surface area contributed by atoms with Crippen molar-refractivity contribution in [2.75, 3.05) is 25.2 Å². The third-order valence-corrected chi connectivity index (χ3v) is 11.4. The number of aromatic amines is 1. The van der Waals surface area contributed by atoms with E-state index in [1.807, 2.05) is 6.26 Å². The van der Waals surface area contributed by atoms with Crippen LogP contribution in [0.5, 0.6) is 0 Å². The lowest BCUT2D eigenvalue weighted by atomic mass is 10.0. The highest BCUT2D eigenvalue weighted by atomic mass is 32.2. The number of aliphatic hydroxyl groups is 2. The molecule has 0 aliphatic heterocycles. The van der Waals surface area contributed by atoms with E-state index < -0.39 is 133 Å². The molecule has 24 nitrogen and oxygen atoms in total. The van der Waals surface area contributed by atoms with E-state index in [2.05, 4.69) is 47.5 Å². The fraction of sp³-hybridized carbons (Fsp3) is 0.591. The minimum Gasteiger partial charge on any atom is -0.394 e. The van der Waals surface area contributed by atoms with Crippen LogP contribution in [0.15, 0.2) is 30.5 Å². The van der Waals surface area contributed by atoms with E-state index in [1.54, 1.807) is 58.2 Å². The smallest absolute Gasteiger partial charge is 0.245 e. The second-order valence-electron chi connectivity index (χ2n) is 17.4. The molecule has 384 valence electrons. The first-order valence-electron chi connectivity index (χ1n) is 22.5. The summed E-state index contributed by atoms with van der Waals surface area (Å²) in [6.07, 6.45) is 1.82. The van der Waals surface area contributed by atoms with E-state index in [0.29, 0.717) is 11.3 Å². The van der Waals surface area contributed by atoms with Crippen LogP contribution < -0.4 is 59.7 Å². The molecule has 69 heavy (non-hydrogen) atoms. The highest BCUT2D eigenvalue weighted by Gasteiger charge is 2.34. The first-order valence-corrected chi connectivity index (χ1v) is 23.8. The molecule has 0 spiro atoms. The first-order chi connectivity index (χ1) is 32.4. The molecule has 2 rings (SSSR count). The molecule has 1 heterocycles. The number of aromatic nitrogens is 1. The molecule has 0 unspecified atom stereocenters. The molecule has 0 saturated carbocycles. The number of H-pyrrole nitrogens is 1. The molecule has 0 fully saturated rings. The molecule has 25 heteroatoms. The summed E-state index contributed by atoms with van der Waals surface area (Å²) in [5, 5.41) is 40.3. The van der Waals surface area contributed by atoms with Crippen molar-refractivity contribution in [1.29, 1.82) is 0 Å². The Labute approximate surface area is 404 Å². The number of hydrogen-bond acceptors (Lipinski definition) is 14. The van der Waals surface area contributed by atoms with E-state index >= 15 is 0 Å². The van der Waals surface area contributed by atoms with Crippen LogP contribution >= 0.6 is 11.8 Å². The highest BCUT2D eigenvalue weighted by molar-refractivity contribution is 7.98. The predicted molar refractivity (Wildman–Crippen MR) is 256 cm³/mol. The average Bonchev–Trinajstić information content (AvgIpc) is 3.69. The van der Waals surface area contributed by atoms with Crippen molar-refractivity contribution in [1.82, 2.24) is 47.5 Å². The quantitative estimate of drug-likeness (QED) is 0.0357. The van der Waals surface area contributed by atoms with Gasteiger partial charge >= 0.3 is 0 Å². The van der Waals surface area contributed by atoms with Gasteiger partial charge in [0.05, 0.1) is 19.3 Å². The van der Waals surface area contributed by atoms with Crippen LogP contribution in [0.3, 0.4) is 0 Å². The van der Waals surface area contributed by atoms with E-state index in [0.717, 1.165) is 10.9 Å². The van der Waals surface area contributed by atoms with Crippen molar-refractivity contribution in [3.05, 3.63) is 36.0 Å². The van der Waals surface area contributed by atoms with Crippen LogP contribution in [0, 0.1) is 11.8 Å². The van der Waals surface area contributed by atoms with Crippen molar-refractivity contribution in [2.45, 2.75) is 128 Å². The molecule has 1 aromatic heterocycles. The minimum atomic E-state index is -1.55. The van der Waals surface area contributed by atoms with Gasteiger partial charge in [-0.15, -0.1) is 0 Å². The number of thioether (sulfide) groups is 1. The molecule has 0 bridgehead atoms. The van der Waals surface area contributed by atoms with Crippen molar-refractivity contribution in [2.24, 2.45) is 29.0 Å². The summed E-state index contributed by atoms with van der Waals surface area (Å²) in [4.78, 5) is 133. The summed E-state index contributed by atoms with van der Waals surface area (Å²) >= 11 is 1.45. The molecule has 0 radical (unpaired) electrons. The monoisotopic (exact) mass is 990 g/mol. The van der Waals surface area contributed by atoms with Gasteiger partial charge < -0.3 is 74.9 Å². The number of carbonyl (C=O) groups excluding carboxylic acids is 10. The second kappa shape index (κ2) is 28.9. The van der Waals surface area contributed by atoms with Crippen LogP contribution in [0.1, 0.15) is 72.8 Å². The molecular formula is C44H70N12O12S. The number of nitrogens with two attached hydrogens (primary N) is 3.